The molecule has 0 amide bonds. The molecule has 0 aromatic carbocycles. The number of hydrogen-bond acceptors (Lipinski definition) is 4. The predicted octanol–water partition coefficient (Wildman–Crippen LogP) is 1.84. The number of nitrogens with two attached hydrogens (primary N) is 1. The zero-order chi connectivity index (χ0) is 13.7. The molecule has 4 nitrogen and oxygen atoms in total. The van der Waals surface area contributed by atoms with Gasteiger partial charge in [-0.15, -0.1) is 0 Å². The van der Waals surface area contributed by atoms with Crippen LogP contribution in [0.4, 0.5) is 10.2 Å². The van der Waals surface area contributed by atoms with Crippen LogP contribution in [0.2, 0.25) is 0 Å². The Morgan fingerprint density at radius 3 is 2.63 bits per heavy atom. The lowest BCUT2D eigenvalue weighted by Crippen LogP contribution is -2.47. The molecule has 2 heterocycles. The van der Waals surface area contributed by atoms with Crippen LogP contribution < -0.4 is 10.6 Å². The number of nitrogens with zero attached hydrogens (tertiary/aromatic N) is 3. The first-order valence-electron chi connectivity index (χ1n) is 6.69. The third-order valence-electron chi connectivity index (χ3n) is 3.39. The Morgan fingerprint density at radius 2 is 2.00 bits per heavy atom. The number of pyridine rings is 1. The molecule has 2 N–H and O–H groups in total. The van der Waals surface area contributed by atoms with E-state index in [1.165, 1.54) is 6.07 Å². The summed E-state index contributed by atoms with van der Waals surface area (Å²) in [5.41, 5.74) is 5.49. The van der Waals surface area contributed by atoms with E-state index in [0.717, 1.165) is 52.1 Å². The summed E-state index contributed by atoms with van der Waals surface area (Å²) in [5, 5.41) is 0. The Balaban J connectivity index is 1.85. The average molecular weight is 331 g/mol. The van der Waals surface area contributed by atoms with Crippen molar-refractivity contribution in [3.05, 3.63) is 22.6 Å². The van der Waals surface area contributed by atoms with Crippen molar-refractivity contribution in [2.75, 3.05) is 44.2 Å². The van der Waals surface area contributed by atoms with E-state index in [0.29, 0.717) is 10.3 Å². The highest BCUT2D eigenvalue weighted by atomic mass is 79.9. The molecule has 6 heteroatoms. The van der Waals surface area contributed by atoms with E-state index in [1.54, 1.807) is 6.20 Å². The van der Waals surface area contributed by atoms with Crippen molar-refractivity contribution >= 4 is 21.7 Å². The molecule has 1 fully saturated rings. The summed E-state index contributed by atoms with van der Waals surface area (Å²) in [6.07, 6.45) is 3.86. The van der Waals surface area contributed by atoms with Gasteiger partial charge in [-0.2, -0.15) is 0 Å². The zero-order valence-corrected chi connectivity index (χ0v) is 12.6. The first-order chi connectivity index (χ1) is 9.20. The summed E-state index contributed by atoms with van der Waals surface area (Å²) in [6, 6.07) is 1.47. The van der Waals surface area contributed by atoms with Crippen molar-refractivity contribution in [3.8, 4) is 0 Å². The predicted molar refractivity (Wildman–Crippen MR) is 78.8 cm³/mol. The second kappa shape index (κ2) is 7.17. The lowest BCUT2D eigenvalue weighted by atomic mass is 10.2. The minimum absolute atomic E-state index is 0.258. The summed E-state index contributed by atoms with van der Waals surface area (Å²) in [7, 11) is 0. The van der Waals surface area contributed by atoms with Crippen molar-refractivity contribution in [3.63, 3.8) is 0 Å². The van der Waals surface area contributed by atoms with Gasteiger partial charge in [0.2, 0.25) is 0 Å². The standard InChI is InChI=1S/C13H20BrFN4/c14-11-9-12(15)13(17-10-11)19-7-5-18(6-8-19)4-2-1-3-16/h9-10H,1-8,16H2. The molecule has 1 aromatic heterocycles. The highest BCUT2D eigenvalue weighted by Gasteiger charge is 2.20. The topological polar surface area (TPSA) is 45.4 Å². The van der Waals surface area contributed by atoms with E-state index >= 15 is 0 Å². The molecule has 0 atom stereocenters. The molecule has 1 aliphatic heterocycles. The third kappa shape index (κ3) is 4.12. The fourth-order valence-electron chi connectivity index (χ4n) is 2.30. The number of halogens is 2. The maximum absolute atomic E-state index is 13.8. The minimum atomic E-state index is -0.258. The molecule has 2 rings (SSSR count). The van der Waals surface area contributed by atoms with Gasteiger partial charge < -0.3 is 10.6 Å². The summed E-state index contributed by atoms with van der Waals surface area (Å²) < 4.78 is 14.5. The van der Waals surface area contributed by atoms with Crippen LogP contribution in [-0.2, 0) is 0 Å². The molecule has 0 spiro atoms. The van der Waals surface area contributed by atoms with Crippen LogP contribution in [0.5, 0.6) is 0 Å². The molecule has 1 aromatic rings. The van der Waals surface area contributed by atoms with E-state index in [9.17, 15) is 4.39 Å². The second-order valence-corrected chi connectivity index (χ2v) is 5.70. The summed E-state index contributed by atoms with van der Waals surface area (Å²) in [5.74, 6) is 0.204. The molecule has 106 valence electrons. The summed E-state index contributed by atoms with van der Waals surface area (Å²) >= 11 is 3.23. The van der Waals surface area contributed by atoms with Gasteiger partial charge in [0.05, 0.1) is 0 Å². The molecule has 1 saturated heterocycles. The Labute approximate surface area is 121 Å². The van der Waals surface area contributed by atoms with Gasteiger partial charge in [-0.1, -0.05) is 0 Å². The minimum Gasteiger partial charge on any atom is -0.352 e. The molecule has 1 aliphatic rings. The van der Waals surface area contributed by atoms with Crippen molar-refractivity contribution in [1.29, 1.82) is 0 Å². The van der Waals surface area contributed by atoms with Crippen LogP contribution in [-0.4, -0.2) is 49.2 Å². The quantitative estimate of drug-likeness (QED) is 0.837. The van der Waals surface area contributed by atoms with Crippen LogP contribution in [0.1, 0.15) is 12.8 Å². The van der Waals surface area contributed by atoms with Crippen LogP contribution in [0.3, 0.4) is 0 Å². The van der Waals surface area contributed by atoms with Crippen LogP contribution in [0.25, 0.3) is 0 Å². The molecule has 0 bridgehead atoms. The largest absolute Gasteiger partial charge is 0.352 e. The Bertz CT molecular complexity index is 408. The summed E-state index contributed by atoms with van der Waals surface area (Å²) in [6.45, 7) is 5.42. The second-order valence-electron chi connectivity index (χ2n) is 4.78. The lowest BCUT2D eigenvalue weighted by Gasteiger charge is -2.35. The third-order valence-corrected chi connectivity index (χ3v) is 3.82. The number of anilines is 1. The van der Waals surface area contributed by atoms with E-state index in [2.05, 4.69) is 25.8 Å². The highest BCUT2D eigenvalue weighted by Crippen LogP contribution is 2.21. The maximum Gasteiger partial charge on any atom is 0.166 e. The number of hydrogen-bond donors (Lipinski definition) is 1. The molecule has 0 aliphatic carbocycles. The number of unbranched alkanes of at least 4 members (excludes halogenated alkanes) is 1. The van der Waals surface area contributed by atoms with Crippen LogP contribution >= 0.6 is 15.9 Å². The van der Waals surface area contributed by atoms with Crippen molar-refractivity contribution in [1.82, 2.24) is 9.88 Å². The molecule has 0 radical (unpaired) electrons. The summed E-state index contributed by atoms with van der Waals surface area (Å²) in [4.78, 5) is 8.59. The van der Waals surface area contributed by atoms with Crippen molar-refractivity contribution < 1.29 is 4.39 Å². The number of rotatable bonds is 5. The fourth-order valence-corrected chi connectivity index (χ4v) is 2.61. The van der Waals surface area contributed by atoms with Gasteiger partial charge in [-0.05, 0) is 47.9 Å². The van der Waals surface area contributed by atoms with Crippen molar-refractivity contribution in [2.24, 2.45) is 5.73 Å². The van der Waals surface area contributed by atoms with Gasteiger partial charge in [-0.3, -0.25) is 4.90 Å². The van der Waals surface area contributed by atoms with Gasteiger partial charge in [-0.25, -0.2) is 9.37 Å². The normalized spacial score (nSPS) is 16.9. The Hall–Kier alpha value is -0.720. The van der Waals surface area contributed by atoms with Gasteiger partial charge in [0.15, 0.2) is 11.6 Å². The molecule has 0 unspecified atom stereocenters. The smallest absolute Gasteiger partial charge is 0.166 e. The van der Waals surface area contributed by atoms with Crippen LogP contribution in [0.15, 0.2) is 16.7 Å². The molecular weight excluding hydrogens is 311 g/mol. The van der Waals surface area contributed by atoms with Crippen molar-refractivity contribution in [2.45, 2.75) is 12.8 Å². The Morgan fingerprint density at radius 1 is 1.26 bits per heavy atom. The first-order valence-corrected chi connectivity index (χ1v) is 7.48. The van der Waals surface area contributed by atoms with E-state index in [-0.39, 0.29) is 5.82 Å². The zero-order valence-electron chi connectivity index (χ0n) is 11.0. The Kier molecular flexibility index (Phi) is 5.54. The van der Waals surface area contributed by atoms with E-state index < -0.39 is 0 Å². The fraction of sp³-hybridized carbons (Fsp3) is 0.615. The molecule has 19 heavy (non-hydrogen) atoms. The highest BCUT2D eigenvalue weighted by molar-refractivity contribution is 9.10. The lowest BCUT2D eigenvalue weighted by molar-refractivity contribution is 0.252. The van der Waals surface area contributed by atoms with Gasteiger partial charge in [0.1, 0.15) is 0 Å². The van der Waals surface area contributed by atoms with Gasteiger partial charge in [0.25, 0.3) is 0 Å². The molecular formula is C13H20BrFN4. The molecule has 0 saturated carbocycles. The maximum atomic E-state index is 13.8. The SMILES string of the molecule is NCCCCN1CCN(c2ncc(Br)cc2F)CC1. The van der Waals surface area contributed by atoms with Crippen LogP contribution in [0, 0.1) is 5.82 Å². The van der Waals surface area contributed by atoms with E-state index in [4.69, 9.17) is 5.73 Å². The van der Waals surface area contributed by atoms with E-state index in [1.807, 2.05) is 4.90 Å². The average Bonchev–Trinajstić information content (AvgIpc) is 2.40. The monoisotopic (exact) mass is 330 g/mol. The number of aromatic nitrogens is 1. The number of piperazine rings is 1. The first kappa shape index (κ1) is 14.7. The van der Waals surface area contributed by atoms with Gasteiger partial charge >= 0.3 is 0 Å². The van der Waals surface area contributed by atoms with Gasteiger partial charge in [0, 0.05) is 36.8 Å².